The van der Waals surface area contributed by atoms with Crippen molar-refractivity contribution in [3.8, 4) is 11.3 Å². The fourth-order valence-corrected chi connectivity index (χ4v) is 4.85. The van der Waals surface area contributed by atoms with Gasteiger partial charge in [-0.2, -0.15) is 18.3 Å². The van der Waals surface area contributed by atoms with Gasteiger partial charge in [0, 0.05) is 35.9 Å². The van der Waals surface area contributed by atoms with Crippen molar-refractivity contribution < 1.29 is 27.9 Å². The molecule has 0 aliphatic carbocycles. The number of nitrogens with one attached hydrogen (secondary N) is 1. The lowest BCUT2D eigenvalue weighted by molar-refractivity contribution is -0.141. The minimum absolute atomic E-state index is 0.0527. The molecule has 5 rings (SSSR count). The summed E-state index contributed by atoms with van der Waals surface area (Å²) in [5.41, 5.74) is 0.273. The van der Waals surface area contributed by atoms with Gasteiger partial charge in [-0.05, 0) is 49.7 Å². The zero-order valence-electron chi connectivity index (χ0n) is 17.4. The van der Waals surface area contributed by atoms with Gasteiger partial charge < -0.3 is 10.0 Å². The van der Waals surface area contributed by atoms with Crippen LogP contribution in [0.3, 0.4) is 0 Å². The van der Waals surface area contributed by atoms with E-state index in [-0.39, 0.29) is 18.0 Å². The molecule has 1 spiro atoms. The second-order valence-electron chi connectivity index (χ2n) is 8.57. The first kappa shape index (κ1) is 21.4. The first-order valence-electron chi connectivity index (χ1n) is 10.4. The second-order valence-corrected chi connectivity index (χ2v) is 8.57. The number of rotatable bonds is 4. The molecule has 11 heteroatoms. The molecule has 0 radical (unpaired) electrons. The minimum atomic E-state index is -4.57. The number of aliphatic carboxylic acids is 1. The molecule has 2 aliphatic rings. The van der Waals surface area contributed by atoms with Crippen molar-refractivity contribution in [1.29, 1.82) is 0 Å². The van der Waals surface area contributed by atoms with Gasteiger partial charge in [-0.3, -0.25) is 24.6 Å². The normalized spacial score (nSPS) is 21.5. The average Bonchev–Trinajstić information content (AvgIpc) is 3.45. The van der Waals surface area contributed by atoms with Crippen LogP contribution in [0.15, 0.2) is 36.5 Å². The van der Waals surface area contributed by atoms with Gasteiger partial charge in [0.2, 0.25) is 5.91 Å². The number of alkyl halides is 3. The number of benzene rings is 1. The van der Waals surface area contributed by atoms with Crippen molar-refractivity contribution >= 4 is 28.5 Å². The second kappa shape index (κ2) is 7.55. The van der Waals surface area contributed by atoms with Crippen LogP contribution in [0.25, 0.3) is 22.2 Å². The van der Waals surface area contributed by atoms with Crippen molar-refractivity contribution in [2.75, 3.05) is 31.1 Å². The average molecular weight is 459 g/mol. The molecule has 2 saturated heterocycles. The Labute approximate surface area is 186 Å². The maximum Gasteiger partial charge on any atom is 0.433 e. The summed E-state index contributed by atoms with van der Waals surface area (Å²) >= 11 is 0. The number of hydrogen-bond donors (Lipinski definition) is 2. The molecule has 4 heterocycles. The van der Waals surface area contributed by atoms with E-state index < -0.39 is 23.3 Å². The van der Waals surface area contributed by atoms with E-state index in [0.29, 0.717) is 54.8 Å². The fraction of sp³-hybridized carbons (Fsp3) is 0.364. The zero-order chi connectivity index (χ0) is 23.4. The number of nitrogens with zero attached hydrogens (tertiary/aromatic N) is 4. The number of carbonyl (C=O) groups excluding carboxylic acids is 1. The van der Waals surface area contributed by atoms with Crippen LogP contribution >= 0.6 is 0 Å². The molecule has 33 heavy (non-hydrogen) atoms. The molecule has 2 aromatic heterocycles. The molecule has 172 valence electrons. The molecule has 2 fully saturated rings. The number of fused-ring (bicyclic) bond motifs is 1. The molecule has 1 amide bonds. The quantitative estimate of drug-likeness (QED) is 0.622. The highest BCUT2D eigenvalue weighted by molar-refractivity contribution is 6.03. The third-order valence-electron chi connectivity index (χ3n) is 6.49. The molecule has 2 N–H and O–H groups in total. The van der Waals surface area contributed by atoms with E-state index in [1.165, 1.54) is 6.07 Å². The van der Waals surface area contributed by atoms with Crippen LogP contribution in [0.2, 0.25) is 0 Å². The lowest BCUT2D eigenvalue weighted by Gasteiger charge is -2.23. The fourth-order valence-electron chi connectivity index (χ4n) is 4.85. The van der Waals surface area contributed by atoms with Gasteiger partial charge in [-0.25, -0.2) is 0 Å². The van der Waals surface area contributed by atoms with Gasteiger partial charge >= 0.3 is 12.1 Å². The van der Waals surface area contributed by atoms with Crippen LogP contribution < -0.4 is 4.90 Å². The Morgan fingerprint density at radius 2 is 1.97 bits per heavy atom. The number of halogens is 3. The van der Waals surface area contributed by atoms with Crippen LogP contribution in [-0.2, 0) is 15.8 Å². The number of anilines is 1. The maximum atomic E-state index is 13.3. The summed E-state index contributed by atoms with van der Waals surface area (Å²) in [5.74, 6) is -0.972. The molecule has 2 aliphatic heterocycles. The Hall–Kier alpha value is -3.47. The Morgan fingerprint density at radius 1 is 1.18 bits per heavy atom. The maximum absolute atomic E-state index is 13.3. The van der Waals surface area contributed by atoms with Crippen LogP contribution in [-0.4, -0.2) is 63.2 Å². The summed E-state index contributed by atoms with van der Waals surface area (Å²) in [5, 5.41) is 16.7. The summed E-state index contributed by atoms with van der Waals surface area (Å²) in [7, 11) is 0. The molecule has 1 aromatic carbocycles. The van der Waals surface area contributed by atoms with Gasteiger partial charge in [0.05, 0.1) is 17.5 Å². The molecule has 0 bridgehead atoms. The van der Waals surface area contributed by atoms with E-state index in [0.717, 1.165) is 12.3 Å². The van der Waals surface area contributed by atoms with Gasteiger partial charge in [-0.1, -0.05) is 0 Å². The number of aromatic nitrogens is 3. The number of hydrogen-bond acceptors (Lipinski definition) is 5. The van der Waals surface area contributed by atoms with Crippen LogP contribution in [0.5, 0.6) is 0 Å². The van der Waals surface area contributed by atoms with E-state index in [9.17, 15) is 22.8 Å². The number of carboxylic acids is 1. The highest BCUT2D eigenvalue weighted by Crippen LogP contribution is 2.43. The lowest BCUT2D eigenvalue weighted by Crippen LogP contribution is -2.38. The standard InChI is InChI=1S/C22H20F3N5O3/c23-22(24,25)17-9-13(3-6-26-17)19-15-10-14(1-2-16(15)27-28-19)30-8-5-21(20(30)33)4-7-29(12-21)11-18(31)32/h1-3,6,9-10H,4-5,7-8,11-12H2,(H,27,28)(H,31,32)/t21-/m0/s1. The predicted octanol–water partition coefficient (Wildman–Crippen LogP) is 3.16. The highest BCUT2D eigenvalue weighted by Gasteiger charge is 2.51. The summed E-state index contributed by atoms with van der Waals surface area (Å²) in [6, 6.07) is 7.69. The first-order chi connectivity index (χ1) is 15.7. The highest BCUT2D eigenvalue weighted by atomic mass is 19.4. The summed E-state index contributed by atoms with van der Waals surface area (Å²) in [4.78, 5) is 31.2. The molecule has 1 atom stereocenters. The Morgan fingerprint density at radius 3 is 2.73 bits per heavy atom. The van der Waals surface area contributed by atoms with Gasteiger partial charge in [0.15, 0.2) is 0 Å². The van der Waals surface area contributed by atoms with Gasteiger partial charge in [0.1, 0.15) is 11.4 Å². The zero-order valence-corrected chi connectivity index (χ0v) is 17.4. The Bertz CT molecular complexity index is 1260. The predicted molar refractivity (Wildman–Crippen MR) is 112 cm³/mol. The van der Waals surface area contributed by atoms with E-state index in [1.807, 2.05) is 0 Å². The van der Waals surface area contributed by atoms with Crippen LogP contribution in [0, 0.1) is 5.41 Å². The van der Waals surface area contributed by atoms with Crippen molar-refractivity contribution in [2.24, 2.45) is 5.41 Å². The van der Waals surface area contributed by atoms with Gasteiger partial charge in [0.25, 0.3) is 0 Å². The molecule has 8 nitrogen and oxygen atoms in total. The largest absolute Gasteiger partial charge is 0.480 e. The molecule has 0 saturated carbocycles. The van der Waals surface area contributed by atoms with Crippen LogP contribution in [0.1, 0.15) is 18.5 Å². The smallest absolute Gasteiger partial charge is 0.433 e. The van der Waals surface area contributed by atoms with Crippen LogP contribution in [0.4, 0.5) is 18.9 Å². The number of aromatic amines is 1. The van der Waals surface area contributed by atoms with Crippen molar-refractivity contribution in [1.82, 2.24) is 20.1 Å². The number of carbonyl (C=O) groups is 2. The first-order valence-corrected chi connectivity index (χ1v) is 10.4. The number of amides is 1. The Balaban J connectivity index is 1.46. The van der Waals surface area contributed by atoms with E-state index in [1.54, 1.807) is 28.0 Å². The van der Waals surface area contributed by atoms with Crippen molar-refractivity contribution in [2.45, 2.75) is 19.0 Å². The molecular formula is C22H20F3N5O3. The van der Waals surface area contributed by atoms with Crippen molar-refractivity contribution in [3.05, 3.63) is 42.2 Å². The number of likely N-dealkylation sites (tertiary alicyclic amines) is 1. The van der Waals surface area contributed by atoms with E-state index >= 15 is 0 Å². The summed E-state index contributed by atoms with van der Waals surface area (Å²) in [6.45, 7) is 1.36. The summed E-state index contributed by atoms with van der Waals surface area (Å²) < 4.78 is 39.3. The number of pyridine rings is 1. The van der Waals surface area contributed by atoms with Crippen molar-refractivity contribution in [3.63, 3.8) is 0 Å². The minimum Gasteiger partial charge on any atom is -0.480 e. The Kier molecular flexibility index (Phi) is 4.89. The third kappa shape index (κ3) is 3.71. The van der Waals surface area contributed by atoms with E-state index in [2.05, 4.69) is 15.2 Å². The number of H-pyrrole nitrogens is 1. The number of carboxylic acid groups (broad SMARTS) is 1. The molecular weight excluding hydrogens is 439 g/mol. The lowest BCUT2D eigenvalue weighted by atomic mass is 9.85. The third-order valence-corrected chi connectivity index (χ3v) is 6.49. The molecule has 3 aromatic rings. The molecule has 0 unspecified atom stereocenters. The monoisotopic (exact) mass is 459 g/mol. The SMILES string of the molecule is O=C(O)CN1CC[C@]2(CCN(c3ccc4[nH]nc(-c5ccnc(C(F)(F)F)c5)c4c3)C2=O)C1. The van der Waals surface area contributed by atoms with E-state index in [4.69, 9.17) is 5.11 Å². The van der Waals surface area contributed by atoms with Gasteiger partial charge in [-0.15, -0.1) is 0 Å². The topological polar surface area (TPSA) is 102 Å². The summed E-state index contributed by atoms with van der Waals surface area (Å²) in [6.07, 6.45) is -2.25.